The van der Waals surface area contributed by atoms with Crippen molar-refractivity contribution < 1.29 is 14.3 Å². The SMILES string of the molecule is O=C(NCCOc1ccccc1)Nc1ccc(Oc2ccccc2)cc1. The predicted molar refractivity (Wildman–Crippen MR) is 102 cm³/mol. The predicted octanol–water partition coefficient (Wildman–Crippen LogP) is 4.68. The van der Waals surface area contributed by atoms with Crippen LogP contribution in [0.25, 0.3) is 0 Å². The zero-order chi connectivity index (χ0) is 18.0. The third-order valence-electron chi connectivity index (χ3n) is 3.49. The Morgan fingerprint density at radius 3 is 1.96 bits per heavy atom. The largest absolute Gasteiger partial charge is 0.492 e. The van der Waals surface area contributed by atoms with Gasteiger partial charge in [-0.05, 0) is 48.5 Å². The van der Waals surface area contributed by atoms with E-state index in [1.807, 2.05) is 60.7 Å². The molecule has 132 valence electrons. The molecule has 2 amide bonds. The third-order valence-corrected chi connectivity index (χ3v) is 3.49. The topological polar surface area (TPSA) is 59.6 Å². The van der Waals surface area contributed by atoms with E-state index in [2.05, 4.69) is 10.6 Å². The van der Waals surface area contributed by atoms with Crippen LogP contribution >= 0.6 is 0 Å². The molecule has 0 saturated carbocycles. The molecule has 0 atom stereocenters. The number of carbonyl (C=O) groups is 1. The second-order valence-electron chi connectivity index (χ2n) is 5.48. The maximum absolute atomic E-state index is 11.9. The minimum atomic E-state index is -0.279. The van der Waals surface area contributed by atoms with Crippen LogP contribution in [0.2, 0.25) is 0 Å². The summed E-state index contributed by atoms with van der Waals surface area (Å²) >= 11 is 0. The first kappa shape index (κ1) is 17.4. The maximum Gasteiger partial charge on any atom is 0.319 e. The number of nitrogens with one attached hydrogen (secondary N) is 2. The van der Waals surface area contributed by atoms with Crippen LogP contribution in [0, 0.1) is 0 Å². The zero-order valence-electron chi connectivity index (χ0n) is 14.2. The lowest BCUT2D eigenvalue weighted by molar-refractivity contribution is 0.247. The molecule has 3 aromatic rings. The van der Waals surface area contributed by atoms with Crippen molar-refractivity contribution >= 4 is 11.7 Å². The Morgan fingerprint density at radius 1 is 0.731 bits per heavy atom. The number of carbonyl (C=O) groups excluding carboxylic acids is 1. The smallest absolute Gasteiger partial charge is 0.319 e. The molecule has 5 nitrogen and oxygen atoms in total. The van der Waals surface area contributed by atoms with E-state index in [-0.39, 0.29) is 6.03 Å². The molecular weight excluding hydrogens is 328 g/mol. The molecule has 0 saturated heterocycles. The van der Waals surface area contributed by atoms with E-state index in [1.165, 1.54) is 0 Å². The van der Waals surface area contributed by atoms with Crippen LogP contribution in [0.4, 0.5) is 10.5 Å². The van der Waals surface area contributed by atoms with E-state index in [9.17, 15) is 4.79 Å². The molecule has 26 heavy (non-hydrogen) atoms. The van der Waals surface area contributed by atoms with Crippen molar-refractivity contribution in [3.8, 4) is 17.2 Å². The van der Waals surface area contributed by atoms with Crippen molar-refractivity contribution in [2.75, 3.05) is 18.5 Å². The number of amides is 2. The van der Waals surface area contributed by atoms with Gasteiger partial charge in [0.1, 0.15) is 23.9 Å². The molecule has 5 heteroatoms. The second-order valence-corrected chi connectivity index (χ2v) is 5.48. The van der Waals surface area contributed by atoms with Crippen molar-refractivity contribution in [1.82, 2.24) is 5.32 Å². The van der Waals surface area contributed by atoms with Crippen molar-refractivity contribution in [2.24, 2.45) is 0 Å². The van der Waals surface area contributed by atoms with Gasteiger partial charge in [0.05, 0.1) is 6.54 Å². The molecule has 0 unspecified atom stereocenters. The average molecular weight is 348 g/mol. The van der Waals surface area contributed by atoms with E-state index in [0.717, 1.165) is 11.5 Å². The Kier molecular flexibility index (Phi) is 6.09. The van der Waals surface area contributed by atoms with E-state index in [1.54, 1.807) is 24.3 Å². The van der Waals surface area contributed by atoms with Crippen molar-refractivity contribution in [2.45, 2.75) is 0 Å². The van der Waals surface area contributed by atoms with Gasteiger partial charge in [0.25, 0.3) is 0 Å². The van der Waals surface area contributed by atoms with E-state index >= 15 is 0 Å². The number of hydrogen-bond acceptors (Lipinski definition) is 3. The van der Waals surface area contributed by atoms with Gasteiger partial charge in [0.2, 0.25) is 0 Å². The van der Waals surface area contributed by atoms with E-state index in [0.29, 0.717) is 24.6 Å². The van der Waals surface area contributed by atoms with Crippen molar-refractivity contribution in [1.29, 1.82) is 0 Å². The fourth-order valence-electron chi connectivity index (χ4n) is 2.26. The summed E-state index contributed by atoms with van der Waals surface area (Å²) in [6.07, 6.45) is 0. The highest BCUT2D eigenvalue weighted by molar-refractivity contribution is 5.89. The molecule has 0 spiro atoms. The first-order valence-electron chi connectivity index (χ1n) is 8.35. The molecule has 0 aliphatic carbocycles. The van der Waals surface area contributed by atoms with Crippen LogP contribution in [0.15, 0.2) is 84.9 Å². The summed E-state index contributed by atoms with van der Waals surface area (Å²) in [4.78, 5) is 11.9. The van der Waals surface area contributed by atoms with Crippen LogP contribution in [0.5, 0.6) is 17.2 Å². The number of benzene rings is 3. The summed E-state index contributed by atoms with van der Waals surface area (Å²) in [5.74, 6) is 2.26. The van der Waals surface area contributed by atoms with Gasteiger partial charge >= 0.3 is 6.03 Å². The van der Waals surface area contributed by atoms with Crippen LogP contribution in [0.1, 0.15) is 0 Å². The Labute approximate surface area is 152 Å². The fraction of sp³-hybridized carbons (Fsp3) is 0.0952. The Morgan fingerprint density at radius 2 is 1.31 bits per heavy atom. The summed E-state index contributed by atoms with van der Waals surface area (Å²) in [7, 11) is 0. The molecule has 0 aromatic heterocycles. The molecule has 0 bridgehead atoms. The molecule has 2 N–H and O–H groups in total. The van der Waals surface area contributed by atoms with Crippen molar-refractivity contribution in [3.63, 3.8) is 0 Å². The van der Waals surface area contributed by atoms with Gasteiger partial charge in [-0.1, -0.05) is 36.4 Å². The molecule has 0 fully saturated rings. The monoisotopic (exact) mass is 348 g/mol. The first-order valence-corrected chi connectivity index (χ1v) is 8.35. The number of urea groups is 1. The van der Waals surface area contributed by atoms with Crippen LogP contribution in [-0.4, -0.2) is 19.2 Å². The van der Waals surface area contributed by atoms with E-state index < -0.39 is 0 Å². The zero-order valence-corrected chi connectivity index (χ0v) is 14.2. The van der Waals surface area contributed by atoms with Crippen molar-refractivity contribution in [3.05, 3.63) is 84.9 Å². The highest BCUT2D eigenvalue weighted by Gasteiger charge is 2.02. The summed E-state index contributed by atoms with van der Waals surface area (Å²) < 4.78 is 11.2. The number of para-hydroxylation sites is 2. The van der Waals surface area contributed by atoms with Gasteiger partial charge in [-0.2, -0.15) is 0 Å². The third kappa shape index (κ3) is 5.56. The summed E-state index contributed by atoms with van der Waals surface area (Å²) in [5, 5.41) is 5.52. The second kappa shape index (κ2) is 9.13. The minimum absolute atomic E-state index is 0.279. The Hall–Kier alpha value is -3.47. The Bertz CT molecular complexity index is 806. The average Bonchev–Trinajstić information content (AvgIpc) is 2.68. The van der Waals surface area contributed by atoms with Gasteiger partial charge in [-0.15, -0.1) is 0 Å². The summed E-state index contributed by atoms with van der Waals surface area (Å²) in [6, 6.07) is 25.9. The van der Waals surface area contributed by atoms with Gasteiger partial charge in [0, 0.05) is 5.69 Å². The number of anilines is 1. The van der Waals surface area contributed by atoms with Gasteiger partial charge in [0.15, 0.2) is 0 Å². The molecule has 0 heterocycles. The first-order chi connectivity index (χ1) is 12.8. The van der Waals surface area contributed by atoms with E-state index in [4.69, 9.17) is 9.47 Å². The lowest BCUT2D eigenvalue weighted by atomic mass is 10.3. The molecular formula is C21H20N2O3. The van der Waals surface area contributed by atoms with Gasteiger partial charge in [-0.3, -0.25) is 0 Å². The quantitative estimate of drug-likeness (QED) is 0.610. The number of hydrogen-bond donors (Lipinski definition) is 2. The molecule has 0 aliphatic heterocycles. The molecule has 3 rings (SSSR count). The van der Waals surface area contributed by atoms with Crippen LogP contribution in [0.3, 0.4) is 0 Å². The highest BCUT2D eigenvalue weighted by Crippen LogP contribution is 2.22. The highest BCUT2D eigenvalue weighted by atomic mass is 16.5. The lowest BCUT2D eigenvalue weighted by Gasteiger charge is -2.10. The molecule has 0 radical (unpaired) electrons. The minimum Gasteiger partial charge on any atom is -0.492 e. The normalized spacial score (nSPS) is 10.0. The lowest BCUT2D eigenvalue weighted by Crippen LogP contribution is -2.32. The number of ether oxygens (including phenoxy) is 2. The van der Waals surface area contributed by atoms with Gasteiger partial charge < -0.3 is 20.1 Å². The maximum atomic E-state index is 11.9. The van der Waals surface area contributed by atoms with Crippen LogP contribution < -0.4 is 20.1 Å². The molecule has 0 aliphatic rings. The standard InChI is InChI=1S/C21H20N2O3/c24-21(22-15-16-25-18-7-3-1-4-8-18)23-17-11-13-20(14-12-17)26-19-9-5-2-6-10-19/h1-14H,15-16H2,(H2,22,23,24). The Balaban J connectivity index is 1.40. The van der Waals surface area contributed by atoms with Crippen LogP contribution in [-0.2, 0) is 0 Å². The fourth-order valence-corrected chi connectivity index (χ4v) is 2.26. The van der Waals surface area contributed by atoms with Gasteiger partial charge in [-0.25, -0.2) is 4.79 Å². The number of rotatable bonds is 7. The summed E-state index contributed by atoms with van der Waals surface area (Å²) in [5.41, 5.74) is 0.687. The summed E-state index contributed by atoms with van der Waals surface area (Å²) in [6.45, 7) is 0.817. The molecule has 3 aromatic carbocycles.